The second kappa shape index (κ2) is 8.23. The molecule has 0 spiro atoms. The molecular formula is C22H25N2O5+. The van der Waals surface area contributed by atoms with E-state index in [2.05, 4.69) is 0 Å². The van der Waals surface area contributed by atoms with Gasteiger partial charge >= 0.3 is 0 Å². The van der Waals surface area contributed by atoms with Crippen LogP contribution in [0.15, 0.2) is 52.7 Å². The molecule has 0 aliphatic carbocycles. The molecule has 1 unspecified atom stereocenters. The van der Waals surface area contributed by atoms with Crippen molar-refractivity contribution in [3.63, 3.8) is 0 Å². The summed E-state index contributed by atoms with van der Waals surface area (Å²) in [6.45, 7) is 6.19. The summed E-state index contributed by atoms with van der Waals surface area (Å²) in [5.41, 5.74) is 1.62. The maximum atomic E-state index is 12.9. The third-order valence-electron chi connectivity index (χ3n) is 5.58. The number of nitrogens with zero attached hydrogens (tertiary/aromatic N) is 1. The number of aliphatic hydroxyl groups excluding tert-OH is 1. The summed E-state index contributed by atoms with van der Waals surface area (Å²) in [6, 6.07) is 9.92. The Morgan fingerprint density at radius 3 is 2.55 bits per heavy atom. The number of hydrogen-bond donors (Lipinski definition) is 2. The van der Waals surface area contributed by atoms with E-state index in [1.54, 1.807) is 24.3 Å². The number of ether oxygens (including phenoxy) is 1. The van der Waals surface area contributed by atoms with Crippen molar-refractivity contribution >= 4 is 17.4 Å². The number of carbonyl (C=O) groups excluding carboxylic acids is 2. The molecule has 7 heteroatoms. The van der Waals surface area contributed by atoms with Gasteiger partial charge in [-0.15, -0.1) is 0 Å². The van der Waals surface area contributed by atoms with E-state index in [0.29, 0.717) is 37.6 Å². The fourth-order valence-corrected chi connectivity index (χ4v) is 3.91. The number of benzene rings is 1. The molecule has 2 saturated heterocycles. The number of likely N-dealkylation sites (tertiary alicyclic amines) is 1. The molecule has 0 bridgehead atoms. The molecule has 152 valence electrons. The monoisotopic (exact) mass is 397 g/mol. The molecule has 0 saturated carbocycles. The van der Waals surface area contributed by atoms with Gasteiger partial charge in [0.2, 0.25) is 0 Å². The highest BCUT2D eigenvalue weighted by Gasteiger charge is 2.47. The molecule has 3 heterocycles. The molecule has 2 aromatic rings. The van der Waals surface area contributed by atoms with E-state index in [9.17, 15) is 14.7 Å². The molecule has 4 rings (SSSR count). The van der Waals surface area contributed by atoms with Gasteiger partial charge in [-0.1, -0.05) is 29.8 Å². The van der Waals surface area contributed by atoms with Gasteiger partial charge in [-0.25, -0.2) is 0 Å². The van der Waals surface area contributed by atoms with E-state index in [4.69, 9.17) is 9.15 Å². The zero-order valence-corrected chi connectivity index (χ0v) is 16.4. The summed E-state index contributed by atoms with van der Waals surface area (Å²) in [5, 5.41) is 10.9. The maximum Gasteiger partial charge on any atom is 0.295 e. The van der Waals surface area contributed by atoms with Crippen LogP contribution in [0.25, 0.3) is 5.76 Å². The topological polar surface area (TPSA) is 84.4 Å². The fraction of sp³-hybridized carbons (Fsp3) is 0.364. The average molecular weight is 397 g/mol. The summed E-state index contributed by atoms with van der Waals surface area (Å²) >= 11 is 0. The summed E-state index contributed by atoms with van der Waals surface area (Å²) in [7, 11) is 0. The number of furan rings is 1. The smallest absolute Gasteiger partial charge is 0.295 e. The predicted molar refractivity (Wildman–Crippen MR) is 105 cm³/mol. The van der Waals surface area contributed by atoms with Crippen molar-refractivity contribution in [2.75, 3.05) is 39.4 Å². The number of nitrogens with one attached hydrogen (secondary N) is 1. The molecule has 1 amide bonds. The predicted octanol–water partition coefficient (Wildman–Crippen LogP) is 0.925. The third kappa shape index (κ3) is 3.83. The Morgan fingerprint density at radius 2 is 1.90 bits per heavy atom. The summed E-state index contributed by atoms with van der Waals surface area (Å²) in [4.78, 5) is 28.6. The third-order valence-corrected chi connectivity index (χ3v) is 5.58. The number of amides is 1. The van der Waals surface area contributed by atoms with E-state index >= 15 is 0 Å². The van der Waals surface area contributed by atoms with E-state index < -0.39 is 17.7 Å². The van der Waals surface area contributed by atoms with Crippen LogP contribution in [0.4, 0.5) is 0 Å². The van der Waals surface area contributed by atoms with Gasteiger partial charge in [-0.2, -0.15) is 0 Å². The Hall–Kier alpha value is -2.90. The minimum absolute atomic E-state index is 0.0748. The van der Waals surface area contributed by atoms with Crippen molar-refractivity contribution in [3.05, 3.63) is 65.1 Å². The zero-order valence-electron chi connectivity index (χ0n) is 16.4. The standard InChI is InChI=1S/C22H24N2O5/c1-15-4-6-16(7-5-15)20(25)18-19(17-3-2-12-29-17)24(22(27)21(18)26)9-8-23-10-13-28-14-11-23/h2-7,12,19,25H,8-11,13-14H2,1H3/p+1. The first-order valence-electron chi connectivity index (χ1n) is 9.86. The molecule has 2 N–H and O–H groups in total. The largest absolute Gasteiger partial charge is 0.507 e. The number of aryl methyl sites for hydroxylation is 1. The summed E-state index contributed by atoms with van der Waals surface area (Å²) in [6.07, 6.45) is 1.51. The Kier molecular flexibility index (Phi) is 5.51. The fourth-order valence-electron chi connectivity index (χ4n) is 3.91. The second-order valence-corrected chi connectivity index (χ2v) is 7.49. The van der Waals surface area contributed by atoms with Crippen LogP contribution in [-0.4, -0.2) is 61.1 Å². The number of rotatable bonds is 5. The number of carbonyl (C=O) groups is 2. The minimum atomic E-state index is -0.730. The molecule has 1 aromatic heterocycles. The van der Waals surface area contributed by atoms with Gasteiger partial charge in [0.05, 0.1) is 38.1 Å². The highest BCUT2D eigenvalue weighted by atomic mass is 16.5. The van der Waals surface area contributed by atoms with Crippen molar-refractivity contribution in [2.24, 2.45) is 0 Å². The van der Waals surface area contributed by atoms with Crippen LogP contribution in [-0.2, 0) is 14.3 Å². The van der Waals surface area contributed by atoms with Gasteiger partial charge in [0.25, 0.3) is 11.7 Å². The first-order valence-corrected chi connectivity index (χ1v) is 9.86. The SMILES string of the molecule is Cc1ccc(C(O)=C2C(=O)C(=O)N(CC[NH+]3CCOCC3)C2c2ccco2)cc1. The van der Waals surface area contributed by atoms with Crippen LogP contribution in [0.2, 0.25) is 0 Å². The first-order chi connectivity index (χ1) is 14.1. The number of aliphatic hydroxyl groups is 1. The van der Waals surface area contributed by atoms with E-state index in [1.807, 2.05) is 19.1 Å². The van der Waals surface area contributed by atoms with Crippen LogP contribution in [0.3, 0.4) is 0 Å². The van der Waals surface area contributed by atoms with Crippen LogP contribution >= 0.6 is 0 Å². The number of Topliss-reactive ketones (excluding diaryl/α,β-unsaturated/α-hetero) is 1. The lowest BCUT2D eigenvalue weighted by Gasteiger charge is -2.28. The lowest BCUT2D eigenvalue weighted by atomic mass is 9.99. The number of morpholine rings is 1. The molecule has 2 aliphatic heterocycles. The number of hydrogen-bond acceptors (Lipinski definition) is 5. The molecule has 2 aliphatic rings. The highest BCUT2D eigenvalue weighted by Crippen LogP contribution is 2.39. The lowest BCUT2D eigenvalue weighted by molar-refractivity contribution is -0.907. The molecule has 7 nitrogen and oxygen atoms in total. The Bertz CT molecular complexity index is 911. The van der Waals surface area contributed by atoms with Gasteiger partial charge in [-0.3, -0.25) is 9.59 Å². The van der Waals surface area contributed by atoms with E-state index in [-0.39, 0.29) is 11.3 Å². The summed E-state index contributed by atoms with van der Waals surface area (Å²) < 4.78 is 10.9. The number of quaternary nitrogens is 1. The molecule has 1 atom stereocenters. The average Bonchev–Trinajstić information content (AvgIpc) is 3.35. The molecule has 1 aromatic carbocycles. The van der Waals surface area contributed by atoms with Crippen LogP contribution < -0.4 is 4.90 Å². The van der Waals surface area contributed by atoms with Crippen molar-refractivity contribution in [1.29, 1.82) is 0 Å². The van der Waals surface area contributed by atoms with E-state index in [0.717, 1.165) is 18.7 Å². The Morgan fingerprint density at radius 1 is 1.17 bits per heavy atom. The Balaban J connectivity index is 1.68. The molecular weight excluding hydrogens is 372 g/mol. The van der Waals surface area contributed by atoms with Crippen molar-refractivity contribution < 1.29 is 28.7 Å². The van der Waals surface area contributed by atoms with E-state index in [1.165, 1.54) is 16.1 Å². The Labute approximate surface area is 169 Å². The normalized spacial score (nSPS) is 22.4. The van der Waals surface area contributed by atoms with Gasteiger partial charge in [0.1, 0.15) is 30.7 Å². The quantitative estimate of drug-likeness (QED) is 0.445. The molecule has 0 radical (unpaired) electrons. The van der Waals surface area contributed by atoms with Crippen LogP contribution in [0, 0.1) is 6.92 Å². The first kappa shape index (κ1) is 19.4. The second-order valence-electron chi connectivity index (χ2n) is 7.49. The maximum absolute atomic E-state index is 12.9. The van der Waals surface area contributed by atoms with Crippen molar-refractivity contribution in [1.82, 2.24) is 4.90 Å². The van der Waals surface area contributed by atoms with Gasteiger partial charge < -0.3 is 24.1 Å². The van der Waals surface area contributed by atoms with Crippen molar-refractivity contribution in [2.45, 2.75) is 13.0 Å². The van der Waals surface area contributed by atoms with Gasteiger partial charge in [-0.05, 0) is 19.1 Å². The number of ketones is 1. The van der Waals surface area contributed by atoms with Crippen LogP contribution in [0.5, 0.6) is 0 Å². The zero-order chi connectivity index (χ0) is 20.4. The van der Waals surface area contributed by atoms with Gasteiger partial charge in [0.15, 0.2) is 0 Å². The van der Waals surface area contributed by atoms with Gasteiger partial charge in [0, 0.05) is 5.56 Å². The van der Waals surface area contributed by atoms with Crippen LogP contribution in [0.1, 0.15) is 22.9 Å². The summed E-state index contributed by atoms with van der Waals surface area (Å²) in [5.74, 6) is -0.991. The minimum Gasteiger partial charge on any atom is -0.507 e. The lowest BCUT2D eigenvalue weighted by Crippen LogP contribution is -3.14. The molecule has 2 fully saturated rings. The highest BCUT2D eigenvalue weighted by molar-refractivity contribution is 6.46. The molecule has 29 heavy (non-hydrogen) atoms. The van der Waals surface area contributed by atoms with Crippen molar-refractivity contribution in [3.8, 4) is 0 Å².